The molecule has 0 aromatic heterocycles. The summed E-state index contributed by atoms with van der Waals surface area (Å²) >= 11 is 0. The van der Waals surface area contributed by atoms with Crippen LogP contribution in [0.2, 0.25) is 0 Å². The molecule has 0 saturated carbocycles. The average molecular weight is 498 g/mol. The maximum absolute atomic E-state index is 13.2. The molecule has 1 atom stereocenters. The fourth-order valence-electron chi connectivity index (χ4n) is 5.70. The van der Waals surface area contributed by atoms with Gasteiger partial charge in [0.1, 0.15) is 11.5 Å². The van der Waals surface area contributed by atoms with Crippen LogP contribution in [0.25, 0.3) is 10.8 Å². The first-order valence-electron chi connectivity index (χ1n) is 12.9. The fourth-order valence-corrected chi connectivity index (χ4v) is 5.70. The van der Waals surface area contributed by atoms with Gasteiger partial charge in [-0.3, -0.25) is 0 Å². The normalized spacial score (nSPS) is 17.4. The zero-order chi connectivity index (χ0) is 26.1. The van der Waals surface area contributed by atoms with Crippen LogP contribution in [-0.2, 0) is 15.8 Å². The summed E-state index contributed by atoms with van der Waals surface area (Å²) in [6.07, 6.45) is 0. The molecule has 1 N–H and O–H groups in total. The summed E-state index contributed by atoms with van der Waals surface area (Å²) < 4.78 is 13.0. The van der Waals surface area contributed by atoms with Crippen molar-refractivity contribution in [1.82, 2.24) is 0 Å². The molecule has 4 heteroatoms. The molecule has 2 aliphatic heterocycles. The van der Waals surface area contributed by atoms with Crippen molar-refractivity contribution in [3.05, 3.63) is 131 Å². The zero-order valence-electron chi connectivity index (χ0n) is 21.5. The van der Waals surface area contributed by atoms with Crippen LogP contribution in [0.1, 0.15) is 53.4 Å². The molecular formula is C34H27NO3. The van der Waals surface area contributed by atoms with Gasteiger partial charge in [-0.2, -0.15) is 0 Å². The predicted molar refractivity (Wildman–Crippen MR) is 151 cm³/mol. The molecule has 4 nitrogen and oxygen atoms in total. The Morgan fingerprint density at radius 2 is 1.42 bits per heavy atom. The van der Waals surface area contributed by atoms with Crippen molar-refractivity contribution in [3.8, 4) is 11.5 Å². The first-order valence-corrected chi connectivity index (χ1v) is 12.9. The number of carbonyl (C=O) groups is 1. The van der Waals surface area contributed by atoms with Crippen molar-refractivity contribution in [2.45, 2.75) is 31.8 Å². The number of ether oxygens (including phenoxy) is 2. The van der Waals surface area contributed by atoms with Crippen molar-refractivity contribution in [1.29, 1.82) is 0 Å². The van der Waals surface area contributed by atoms with Gasteiger partial charge in [0.2, 0.25) is 0 Å². The number of anilines is 2. The number of carbonyl (C=O) groups excluding carboxylic acids is 1. The third-order valence-corrected chi connectivity index (χ3v) is 7.64. The lowest BCUT2D eigenvalue weighted by Gasteiger charge is -2.37. The van der Waals surface area contributed by atoms with Gasteiger partial charge in [-0.25, -0.2) is 4.79 Å². The second-order valence-electron chi connectivity index (χ2n) is 11.0. The smallest absolute Gasteiger partial charge is 0.340 e. The van der Waals surface area contributed by atoms with Crippen LogP contribution in [-0.4, -0.2) is 5.97 Å². The lowest BCUT2D eigenvalue weighted by molar-refractivity contribution is 0.0225. The van der Waals surface area contributed by atoms with Gasteiger partial charge < -0.3 is 14.8 Å². The Balaban J connectivity index is 1.39. The van der Waals surface area contributed by atoms with Crippen LogP contribution in [0.4, 0.5) is 11.4 Å². The fraction of sp³-hybridized carbons (Fsp3) is 0.147. The van der Waals surface area contributed by atoms with Crippen LogP contribution in [0.15, 0.2) is 103 Å². The van der Waals surface area contributed by atoms with Gasteiger partial charge in [-0.1, -0.05) is 81.4 Å². The largest absolute Gasteiger partial charge is 0.456 e. The van der Waals surface area contributed by atoms with Gasteiger partial charge in [-0.05, 0) is 52.8 Å². The van der Waals surface area contributed by atoms with Crippen LogP contribution >= 0.6 is 0 Å². The molecule has 0 amide bonds. The Morgan fingerprint density at radius 1 is 0.711 bits per heavy atom. The van der Waals surface area contributed by atoms with E-state index in [1.54, 1.807) is 0 Å². The van der Waals surface area contributed by atoms with Crippen molar-refractivity contribution < 1.29 is 14.3 Å². The summed E-state index contributed by atoms with van der Waals surface area (Å²) in [5.74, 6) is 1.05. The molecule has 0 fully saturated rings. The second-order valence-corrected chi connectivity index (χ2v) is 11.0. The molecule has 186 valence electrons. The van der Waals surface area contributed by atoms with Crippen LogP contribution < -0.4 is 10.1 Å². The molecule has 1 spiro atoms. The average Bonchev–Trinajstić information content (AvgIpc) is 3.21. The Hall–Kier alpha value is -4.57. The number of rotatable bonds is 2. The molecule has 0 radical (unpaired) electrons. The van der Waals surface area contributed by atoms with Crippen LogP contribution in [0, 0.1) is 0 Å². The van der Waals surface area contributed by atoms with E-state index in [9.17, 15) is 4.79 Å². The Kier molecular flexibility index (Phi) is 4.74. The summed E-state index contributed by atoms with van der Waals surface area (Å²) in [7, 11) is 0. The molecule has 2 aliphatic rings. The van der Waals surface area contributed by atoms with Crippen molar-refractivity contribution in [3.63, 3.8) is 0 Å². The van der Waals surface area contributed by atoms with Crippen LogP contribution in [0.5, 0.6) is 11.5 Å². The number of nitrogens with one attached hydrogen (secondary N) is 1. The number of hydrogen-bond acceptors (Lipinski definition) is 4. The third kappa shape index (κ3) is 3.26. The van der Waals surface area contributed by atoms with E-state index in [1.807, 2.05) is 60.7 Å². The van der Waals surface area contributed by atoms with E-state index in [4.69, 9.17) is 9.47 Å². The molecule has 2 heterocycles. The van der Waals surface area contributed by atoms with Crippen molar-refractivity contribution >= 4 is 28.1 Å². The maximum Gasteiger partial charge on any atom is 0.340 e. The minimum Gasteiger partial charge on any atom is -0.456 e. The van der Waals surface area contributed by atoms with E-state index in [1.165, 1.54) is 5.56 Å². The highest BCUT2D eigenvalue weighted by atomic mass is 16.6. The molecular weight excluding hydrogens is 470 g/mol. The van der Waals surface area contributed by atoms with Gasteiger partial charge in [0.05, 0.1) is 5.56 Å². The van der Waals surface area contributed by atoms with E-state index in [-0.39, 0.29) is 11.4 Å². The molecule has 5 aromatic rings. The van der Waals surface area contributed by atoms with E-state index < -0.39 is 5.60 Å². The number of hydrogen-bond donors (Lipinski definition) is 1. The SMILES string of the molecule is CC(C)(C)c1ccc(Nc2ccc3c(c2)Oc2c(ccc4ccccc24)C32OC(=O)c3ccccc32)cc1. The lowest BCUT2D eigenvalue weighted by atomic mass is 9.77. The standard InChI is InChI=1S/C34H27NO3/c1-33(2,3)22-13-15-23(16-14-22)35-24-17-19-28-30(20-24)37-31-25-9-5-4-8-21(25)12-18-29(31)34(28)27-11-7-6-10-26(27)32(36)38-34/h4-20,35H,1-3H3. The summed E-state index contributed by atoms with van der Waals surface area (Å²) in [5, 5.41) is 5.56. The second kappa shape index (κ2) is 7.96. The number of fused-ring (bicyclic) bond motifs is 8. The molecule has 38 heavy (non-hydrogen) atoms. The number of benzene rings is 5. The van der Waals surface area contributed by atoms with Gasteiger partial charge in [0, 0.05) is 39.5 Å². The molecule has 1 unspecified atom stereocenters. The molecule has 5 aromatic carbocycles. The summed E-state index contributed by atoms with van der Waals surface area (Å²) in [6.45, 7) is 6.63. The summed E-state index contributed by atoms with van der Waals surface area (Å²) in [6, 6.07) is 34.4. The Bertz CT molecular complexity index is 1750. The molecule has 7 rings (SSSR count). The highest BCUT2D eigenvalue weighted by molar-refractivity contribution is 5.99. The molecule has 0 aliphatic carbocycles. The minimum atomic E-state index is -1.08. The predicted octanol–water partition coefficient (Wildman–Crippen LogP) is 8.45. The van der Waals surface area contributed by atoms with E-state index in [0.717, 1.165) is 38.8 Å². The summed E-state index contributed by atoms with van der Waals surface area (Å²) in [5.41, 5.74) is 5.25. The van der Waals surface area contributed by atoms with Gasteiger partial charge in [0.15, 0.2) is 5.60 Å². The van der Waals surface area contributed by atoms with Gasteiger partial charge in [-0.15, -0.1) is 0 Å². The Labute approximate surface area is 221 Å². The number of esters is 1. The monoisotopic (exact) mass is 497 g/mol. The molecule has 0 bridgehead atoms. The summed E-state index contributed by atoms with van der Waals surface area (Å²) in [4.78, 5) is 13.2. The van der Waals surface area contributed by atoms with Crippen molar-refractivity contribution in [2.75, 3.05) is 5.32 Å². The topological polar surface area (TPSA) is 47.6 Å². The lowest BCUT2D eigenvalue weighted by Crippen LogP contribution is -2.33. The first-order chi connectivity index (χ1) is 18.3. The van der Waals surface area contributed by atoms with Crippen molar-refractivity contribution in [2.24, 2.45) is 0 Å². The quantitative estimate of drug-likeness (QED) is 0.249. The van der Waals surface area contributed by atoms with Gasteiger partial charge in [0.25, 0.3) is 0 Å². The van der Waals surface area contributed by atoms with E-state index in [2.05, 4.69) is 68.6 Å². The minimum absolute atomic E-state index is 0.0949. The van der Waals surface area contributed by atoms with Crippen LogP contribution in [0.3, 0.4) is 0 Å². The third-order valence-electron chi connectivity index (χ3n) is 7.64. The maximum atomic E-state index is 13.2. The zero-order valence-corrected chi connectivity index (χ0v) is 21.5. The Morgan fingerprint density at radius 3 is 2.24 bits per heavy atom. The molecule has 0 saturated heterocycles. The van der Waals surface area contributed by atoms with Gasteiger partial charge >= 0.3 is 5.97 Å². The highest BCUT2D eigenvalue weighted by Crippen LogP contribution is 2.57. The van der Waals surface area contributed by atoms with E-state index >= 15 is 0 Å². The first kappa shape index (κ1) is 22.6. The highest BCUT2D eigenvalue weighted by Gasteiger charge is 2.53. The van der Waals surface area contributed by atoms with E-state index in [0.29, 0.717) is 17.1 Å².